The lowest BCUT2D eigenvalue weighted by molar-refractivity contribution is 1.44. The number of rotatable bonds is 0. The van der Waals surface area contributed by atoms with Gasteiger partial charge in [0.2, 0.25) is 0 Å². The summed E-state index contributed by atoms with van der Waals surface area (Å²) < 4.78 is 0. The van der Waals surface area contributed by atoms with Crippen LogP contribution in [0.2, 0.25) is 0 Å². The van der Waals surface area contributed by atoms with Crippen molar-refractivity contribution in [2.75, 3.05) is 0 Å². The summed E-state index contributed by atoms with van der Waals surface area (Å²) in [5.74, 6) is 0. The highest BCUT2D eigenvalue weighted by atomic mass is 14.7. The van der Waals surface area contributed by atoms with Crippen molar-refractivity contribution in [2.45, 2.75) is 0 Å². The topological polar surface area (TPSA) is 56.3 Å². The monoisotopic (exact) mass is 280 g/mol. The molecule has 0 unspecified atom stereocenters. The Balaban J connectivity index is 2.70. The van der Waals surface area contributed by atoms with Gasteiger partial charge in [0, 0.05) is 0 Å². The summed E-state index contributed by atoms with van der Waals surface area (Å²) in [4.78, 5) is 6.35. The molecule has 0 aliphatic carbocycles. The van der Waals surface area contributed by atoms with Crippen LogP contribution in [0.3, 0.4) is 0 Å². The van der Waals surface area contributed by atoms with Crippen LogP contribution in [0.5, 0.6) is 0 Å². The van der Waals surface area contributed by atoms with Crippen LogP contribution in [0.25, 0.3) is 21.1 Å². The smallest absolute Gasteiger partial charge is 0.226 e. The lowest BCUT2D eigenvalue weighted by atomic mass is 10.1. The van der Waals surface area contributed by atoms with E-state index in [-0.39, 0.29) is 11.4 Å². The van der Waals surface area contributed by atoms with Crippen molar-refractivity contribution in [2.24, 2.45) is 0 Å². The molecule has 0 saturated carbocycles. The average Bonchev–Trinajstić information content (AvgIpc) is 2.58. The maximum Gasteiger partial charge on any atom is 0.268 e. The maximum atomic E-state index is 8.84. The molecule has 0 aliphatic heterocycles. The fraction of sp³-hybridized carbons (Fsp3) is 0. The molecule has 0 aliphatic rings. The first kappa shape index (κ1) is 14.5. The number of hydrogen-bond donors (Lipinski definition) is 0. The third-order valence-corrected chi connectivity index (χ3v) is 3.09. The Hall–Kier alpha value is -3.86. The molecule has 0 heterocycles. The van der Waals surface area contributed by atoms with Gasteiger partial charge in [0.15, 0.2) is 0 Å². The quantitative estimate of drug-likeness (QED) is 0.694. The Morgan fingerprint density at radius 1 is 0.682 bits per heavy atom. The van der Waals surface area contributed by atoms with Crippen LogP contribution in [0.4, 0.5) is 0 Å². The fourth-order valence-corrected chi connectivity index (χ4v) is 1.95. The third kappa shape index (κ3) is 2.83. The van der Waals surface area contributed by atoms with Crippen LogP contribution in [0.1, 0.15) is 0 Å². The molecular formula is C18H8N4. The summed E-state index contributed by atoms with van der Waals surface area (Å²) >= 11 is 0. The zero-order chi connectivity index (χ0) is 15.9. The van der Waals surface area contributed by atoms with Crippen molar-refractivity contribution >= 4 is 11.4 Å². The van der Waals surface area contributed by atoms with Crippen molar-refractivity contribution in [3.63, 3.8) is 0 Å². The van der Waals surface area contributed by atoms with Crippen LogP contribution in [-0.4, -0.2) is 0 Å². The second-order valence-electron chi connectivity index (χ2n) is 4.30. The highest BCUT2D eigenvalue weighted by Gasteiger charge is 1.95. The van der Waals surface area contributed by atoms with Gasteiger partial charge in [0.25, 0.3) is 11.4 Å². The van der Waals surface area contributed by atoms with E-state index in [0.717, 1.165) is 10.4 Å². The number of nitrogens with zero attached hydrogens (tertiary/aromatic N) is 4. The maximum absolute atomic E-state index is 8.84. The number of nitriles is 2. The van der Waals surface area contributed by atoms with E-state index < -0.39 is 0 Å². The Bertz CT molecular complexity index is 944. The van der Waals surface area contributed by atoms with E-state index in [2.05, 4.69) is 9.69 Å². The molecule has 2 aromatic carbocycles. The van der Waals surface area contributed by atoms with E-state index in [1.165, 1.54) is 0 Å². The van der Waals surface area contributed by atoms with Crippen LogP contribution in [0, 0.1) is 46.2 Å². The Morgan fingerprint density at radius 3 is 1.23 bits per heavy atom. The van der Waals surface area contributed by atoms with Crippen LogP contribution in [-0.2, 0) is 0 Å². The van der Waals surface area contributed by atoms with Crippen molar-refractivity contribution in [3.05, 3.63) is 92.2 Å². The minimum atomic E-state index is 0.0622. The van der Waals surface area contributed by atoms with Crippen LogP contribution >= 0.6 is 0 Å². The van der Waals surface area contributed by atoms with Crippen LogP contribution < -0.4 is 10.4 Å². The summed E-state index contributed by atoms with van der Waals surface area (Å²) in [5.41, 5.74) is 0.124. The zero-order valence-electron chi connectivity index (χ0n) is 11.4. The standard InChI is InChI=1S/C18H8N4/c1-21-17(11-19)15-7-3-13(4-8-15)14-5-9-16(10-6-14)18(12-20)22-2/h3-10H. The van der Waals surface area contributed by atoms with Crippen molar-refractivity contribution in [3.8, 4) is 12.1 Å². The van der Waals surface area contributed by atoms with E-state index in [1.807, 2.05) is 36.4 Å². The molecule has 0 fully saturated rings. The molecule has 0 aromatic heterocycles. The third-order valence-electron chi connectivity index (χ3n) is 3.09. The first-order valence-electron chi connectivity index (χ1n) is 6.23. The predicted octanol–water partition coefficient (Wildman–Crippen LogP) is 2.08. The largest absolute Gasteiger partial charge is 0.268 e. The molecule has 0 bridgehead atoms. The molecular weight excluding hydrogens is 272 g/mol. The molecule has 2 aromatic rings. The fourth-order valence-electron chi connectivity index (χ4n) is 1.95. The average molecular weight is 280 g/mol. The summed E-state index contributed by atoms with van der Waals surface area (Å²) in [6.45, 7) is 13.9. The molecule has 0 N–H and O–H groups in total. The van der Waals surface area contributed by atoms with Gasteiger partial charge in [-0.1, -0.05) is 48.5 Å². The van der Waals surface area contributed by atoms with Gasteiger partial charge in [0.1, 0.15) is 0 Å². The van der Waals surface area contributed by atoms with Gasteiger partial charge >= 0.3 is 0 Å². The van der Waals surface area contributed by atoms with Gasteiger partial charge in [-0.05, 0) is 20.9 Å². The zero-order valence-corrected chi connectivity index (χ0v) is 11.4. The van der Waals surface area contributed by atoms with E-state index in [4.69, 9.17) is 23.7 Å². The Morgan fingerprint density at radius 2 is 1.00 bits per heavy atom. The first-order chi connectivity index (χ1) is 10.7. The highest BCUT2D eigenvalue weighted by molar-refractivity contribution is 5.66. The van der Waals surface area contributed by atoms with Crippen LogP contribution in [0.15, 0.2) is 48.5 Å². The SMILES string of the molecule is [C-]#[N+]C(C#N)=c1ccc(=c2ccc(=C(C#N)[N+]#[C-])cc2)cc1. The van der Waals surface area contributed by atoms with E-state index in [1.54, 1.807) is 24.3 Å². The molecule has 0 amide bonds. The summed E-state index contributed by atoms with van der Waals surface area (Å²) in [6.07, 6.45) is 0. The van der Waals surface area contributed by atoms with Gasteiger partial charge in [-0.15, -0.1) is 0 Å². The van der Waals surface area contributed by atoms with Crippen molar-refractivity contribution in [1.29, 1.82) is 10.5 Å². The second kappa shape index (κ2) is 6.53. The number of hydrogen-bond acceptors (Lipinski definition) is 2. The second-order valence-corrected chi connectivity index (χ2v) is 4.30. The normalized spacial score (nSPS) is 8.73. The molecule has 0 spiro atoms. The molecule has 100 valence electrons. The molecule has 0 radical (unpaired) electrons. The van der Waals surface area contributed by atoms with Gasteiger partial charge in [-0.25, -0.2) is 20.2 Å². The van der Waals surface area contributed by atoms with Crippen molar-refractivity contribution < 1.29 is 0 Å². The minimum Gasteiger partial charge on any atom is -0.226 e. The van der Waals surface area contributed by atoms with Gasteiger partial charge in [-0.2, -0.15) is 0 Å². The molecule has 0 saturated heterocycles. The lowest BCUT2D eigenvalue weighted by Crippen LogP contribution is -2.02. The summed E-state index contributed by atoms with van der Waals surface area (Å²) in [5, 5.41) is 20.7. The van der Waals surface area contributed by atoms with E-state index in [9.17, 15) is 0 Å². The van der Waals surface area contributed by atoms with E-state index in [0.29, 0.717) is 10.4 Å². The molecule has 4 nitrogen and oxygen atoms in total. The highest BCUT2D eigenvalue weighted by Crippen LogP contribution is 1.97. The van der Waals surface area contributed by atoms with Crippen molar-refractivity contribution in [1.82, 2.24) is 0 Å². The van der Waals surface area contributed by atoms with Gasteiger partial charge in [0.05, 0.1) is 25.3 Å². The molecule has 4 heteroatoms. The lowest BCUT2D eigenvalue weighted by Gasteiger charge is -1.92. The van der Waals surface area contributed by atoms with Gasteiger partial charge in [-0.3, -0.25) is 0 Å². The van der Waals surface area contributed by atoms with E-state index >= 15 is 0 Å². The predicted molar refractivity (Wildman–Crippen MR) is 81.1 cm³/mol. The summed E-state index contributed by atoms with van der Waals surface area (Å²) in [7, 11) is 0. The Labute approximate surface area is 127 Å². The van der Waals surface area contributed by atoms with Gasteiger partial charge < -0.3 is 0 Å². The summed E-state index contributed by atoms with van der Waals surface area (Å²) in [6, 6.07) is 18.0. The Kier molecular flexibility index (Phi) is 4.32. The molecule has 22 heavy (non-hydrogen) atoms. The molecule has 2 rings (SSSR count). The minimum absolute atomic E-state index is 0.0622. The molecule has 0 atom stereocenters. The number of benzene rings is 2. The first-order valence-corrected chi connectivity index (χ1v) is 6.23.